The fourth-order valence-corrected chi connectivity index (χ4v) is 3.45. The molecule has 0 atom stereocenters. The Bertz CT molecular complexity index is 1040. The van der Waals surface area contributed by atoms with Crippen LogP contribution < -0.4 is 5.32 Å². The van der Waals surface area contributed by atoms with Gasteiger partial charge in [0, 0.05) is 11.4 Å². The summed E-state index contributed by atoms with van der Waals surface area (Å²) < 4.78 is 4.74. The molecule has 26 heavy (non-hydrogen) atoms. The third-order valence-electron chi connectivity index (χ3n) is 4.05. The number of benzene rings is 1. The number of anilines is 1. The zero-order valence-electron chi connectivity index (χ0n) is 14.0. The molecule has 7 heteroatoms. The molecular formula is C19H16N4O2S. The van der Waals surface area contributed by atoms with E-state index in [0.29, 0.717) is 23.7 Å². The number of hydrogen-bond donors (Lipinski definition) is 2. The second kappa shape index (κ2) is 6.97. The van der Waals surface area contributed by atoms with Crippen molar-refractivity contribution < 1.29 is 9.53 Å². The number of fused-ring (bicyclic) bond motifs is 1. The Morgan fingerprint density at radius 1 is 1.23 bits per heavy atom. The standard InChI is InChI=1S/C19H16N4O2S/c1-25-19(24)15-9-14-17(21-11-22-18(14)23-15)20-10-12-4-6-13(7-5-12)16-3-2-8-26-16/h2-9,11H,10H2,1H3,(H2,20,21,22,23). The highest BCUT2D eigenvalue weighted by molar-refractivity contribution is 7.13. The van der Waals surface area contributed by atoms with Gasteiger partial charge in [-0.25, -0.2) is 14.8 Å². The molecule has 0 aliphatic carbocycles. The molecule has 3 heterocycles. The second-order valence-electron chi connectivity index (χ2n) is 5.69. The van der Waals surface area contributed by atoms with E-state index in [9.17, 15) is 4.79 Å². The predicted octanol–water partition coefficient (Wildman–Crippen LogP) is 4.09. The fraction of sp³-hybridized carbons (Fsp3) is 0.105. The molecule has 0 radical (unpaired) electrons. The highest BCUT2D eigenvalue weighted by Crippen LogP contribution is 2.25. The number of ether oxygens (including phenoxy) is 1. The van der Waals surface area contributed by atoms with Crippen LogP contribution in [0, 0.1) is 0 Å². The lowest BCUT2D eigenvalue weighted by Crippen LogP contribution is -2.02. The predicted molar refractivity (Wildman–Crippen MR) is 102 cm³/mol. The lowest BCUT2D eigenvalue weighted by molar-refractivity contribution is 0.0595. The van der Waals surface area contributed by atoms with E-state index in [2.05, 4.69) is 62.0 Å². The lowest BCUT2D eigenvalue weighted by Gasteiger charge is -2.07. The molecule has 4 rings (SSSR count). The van der Waals surface area contributed by atoms with Crippen molar-refractivity contribution in [2.24, 2.45) is 0 Å². The van der Waals surface area contributed by atoms with Crippen molar-refractivity contribution in [3.63, 3.8) is 0 Å². The molecule has 0 unspecified atom stereocenters. The average Bonchev–Trinajstić information content (AvgIpc) is 3.36. The topological polar surface area (TPSA) is 79.9 Å². The van der Waals surface area contributed by atoms with Crippen LogP contribution in [-0.2, 0) is 11.3 Å². The van der Waals surface area contributed by atoms with Crippen molar-refractivity contribution >= 4 is 34.2 Å². The van der Waals surface area contributed by atoms with Gasteiger partial charge in [0.1, 0.15) is 23.5 Å². The van der Waals surface area contributed by atoms with Gasteiger partial charge in [0.05, 0.1) is 12.5 Å². The van der Waals surface area contributed by atoms with Crippen molar-refractivity contribution in [2.75, 3.05) is 12.4 Å². The number of esters is 1. The zero-order valence-corrected chi connectivity index (χ0v) is 14.8. The van der Waals surface area contributed by atoms with Gasteiger partial charge in [0.15, 0.2) is 0 Å². The number of aromatic amines is 1. The number of rotatable bonds is 5. The Morgan fingerprint density at radius 3 is 2.81 bits per heavy atom. The van der Waals surface area contributed by atoms with Crippen molar-refractivity contribution in [3.05, 3.63) is 65.4 Å². The van der Waals surface area contributed by atoms with E-state index < -0.39 is 5.97 Å². The summed E-state index contributed by atoms with van der Waals surface area (Å²) in [5, 5.41) is 6.13. The van der Waals surface area contributed by atoms with Crippen molar-refractivity contribution in [3.8, 4) is 10.4 Å². The minimum atomic E-state index is -0.432. The van der Waals surface area contributed by atoms with Crippen LogP contribution >= 0.6 is 11.3 Å². The first-order valence-electron chi connectivity index (χ1n) is 8.03. The largest absolute Gasteiger partial charge is 0.464 e. The number of nitrogens with zero attached hydrogens (tertiary/aromatic N) is 2. The lowest BCUT2D eigenvalue weighted by atomic mass is 10.1. The van der Waals surface area contributed by atoms with E-state index in [4.69, 9.17) is 4.74 Å². The van der Waals surface area contributed by atoms with E-state index in [1.54, 1.807) is 17.4 Å². The average molecular weight is 364 g/mol. The molecule has 6 nitrogen and oxygen atoms in total. The summed E-state index contributed by atoms with van der Waals surface area (Å²) in [5.41, 5.74) is 3.30. The summed E-state index contributed by atoms with van der Waals surface area (Å²) in [5.74, 6) is 0.238. The van der Waals surface area contributed by atoms with Gasteiger partial charge in [0.2, 0.25) is 0 Å². The summed E-state index contributed by atoms with van der Waals surface area (Å²) >= 11 is 1.73. The third-order valence-corrected chi connectivity index (χ3v) is 4.97. The first kappa shape index (κ1) is 16.3. The maximum atomic E-state index is 11.7. The SMILES string of the molecule is COC(=O)c1cc2c(NCc3ccc(-c4cccs4)cc3)ncnc2[nH]1. The molecule has 0 bridgehead atoms. The molecule has 2 N–H and O–H groups in total. The number of thiophene rings is 1. The maximum absolute atomic E-state index is 11.7. The van der Waals surface area contributed by atoms with Crippen molar-refractivity contribution in [1.29, 1.82) is 0 Å². The maximum Gasteiger partial charge on any atom is 0.354 e. The molecule has 0 fully saturated rings. The Kier molecular flexibility index (Phi) is 4.37. The first-order chi connectivity index (χ1) is 12.7. The summed E-state index contributed by atoms with van der Waals surface area (Å²) in [4.78, 5) is 24.3. The number of methoxy groups -OCH3 is 1. The normalized spacial score (nSPS) is 10.8. The Balaban J connectivity index is 1.52. The summed E-state index contributed by atoms with van der Waals surface area (Å²) in [6.07, 6.45) is 1.46. The number of nitrogens with one attached hydrogen (secondary N) is 2. The van der Waals surface area contributed by atoms with Gasteiger partial charge in [-0.2, -0.15) is 0 Å². The van der Waals surface area contributed by atoms with Crippen LogP contribution in [0.15, 0.2) is 54.2 Å². The molecule has 0 saturated heterocycles. The van der Waals surface area contributed by atoms with Crippen molar-refractivity contribution in [2.45, 2.75) is 6.54 Å². The van der Waals surface area contributed by atoms with Gasteiger partial charge in [-0.15, -0.1) is 11.3 Å². The quantitative estimate of drug-likeness (QED) is 0.522. The van der Waals surface area contributed by atoms with Crippen LogP contribution in [0.1, 0.15) is 16.1 Å². The zero-order chi connectivity index (χ0) is 17.9. The molecule has 1 aromatic carbocycles. The molecule has 3 aromatic heterocycles. The van der Waals surface area contributed by atoms with Crippen LogP contribution in [0.3, 0.4) is 0 Å². The van der Waals surface area contributed by atoms with E-state index in [0.717, 1.165) is 10.9 Å². The van der Waals surface area contributed by atoms with Crippen LogP contribution in [0.25, 0.3) is 21.5 Å². The van der Waals surface area contributed by atoms with Gasteiger partial charge in [-0.05, 0) is 28.6 Å². The van der Waals surface area contributed by atoms with Gasteiger partial charge >= 0.3 is 5.97 Å². The minimum absolute atomic E-state index is 0.353. The van der Waals surface area contributed by atoms with Gasteiger partial charge < -0.3 is 15.0 Å². The number of aromatic nitrogens is 3. The Labute approximate surface area is 153 Å². The Hall–Kier alpha value is -3.19. The third kappa shape index (κ3) is 3.16. The van der Waals surface area contributed by atoms with Gasteiger partial charge in [-0.1, -0.05) is 30.3 Å². The van der Waals surface area contributed by atoms with Crippen LogP contribution in [0.2, 0.25) is 0 Å². The van der Waals surface area contributed by atoms with Crippen LogP contribution in [0.4, 0.5) is 5.82 Å². The molecule has 0 spiro atoms. The molecule has 0 aliphatic rings. The molecule has 4 aromatic rings. The summed E-state index contributed by atoms with van der Waals surface area (Å²) in [6, 6.07) is 14.3. The minimum Gasteiger partial charge on any atom is -0.464 e. The van der Waals surface area contributed by atoms with E-state index in [-0.39, 0.29) is 0 Å². The first-order valence-corrected chi connectivity index (χ1v) is 8.91. The molecular weight excluding hydrogens is 348 g/mol. The van der Waals surface area contributed by atoms with E-state index in [1.807, 2.05) is 0 Å². The van der Waals surface area contributed by atoms with E-state index >= 15 is 0 Å². The number of hydrogen-bond acceptors (Lipinski definition) is 6. The molecule has 0 saturated carbocycles. The monoisotopic (exact) mass is 364 g/mol. The second-order valence-corrected chi connectivity index (χ2v) is 6.63. The number of H-pyrrole nitrogens is 1. The Morgan fingerprint density at radius 2 is 2.08 bits per heavy atom. The number of carbonyl (C=O) groups excluding carboxylic acids is 1. The highest BCUT2D eigenvalue weighted by Gasteiger charge is 2.13. The fourth-order valence-electron chi connectivity index (χ4n) is 2.72. The molecule has 0 amide bonds. The van der Waals surface area contributed by atoms with Gasteiger partial charge in [-0.3, -0.25) is 0 Å². The van der Waals surface area contributed by atoms with E-state index in [1.165, 1.54) is 23.9 Å². The highest BCUT2D eigenvalue weighted by atomic mass is 32.1. The smallest absolute Gasteiger partial charge is 0.354 e. The van der Waals surface area contributed by atoms with Gasteiger partial charge in [0.25, 0.3) is 0 Å². The van der Waals surface area contributed by atoms with Crippen LogP contribution in [-0.4, -0.2) is 28.0 Å². The van der Waals surface area contributed by atoms with Crippen LogP contribution in [0.5, 0.6) is 0 Å². The van der Waals surface area contributed by atoms with Crippen molar-refractivity contribution in [1.82, 2.24) is 15.0 Å². The molecule has 130 valence electrons. The number of carbonyl (C=O) groups is 1. The summed E-state index contributed by atoms with van der Waals surface area (Å²) in [7, 11) is 1.35. The summed E-state index contributed by atoms with van der Waals surface area (Å²) in [6.45, 7) is 0.621. The molecule has 0 aliphatic heterocycles.